The Hall–Kier alpha value is 0.742. The fraction of sp³-hybridized carbons (Fsp3) is 1.00. The van der Waals surface area contributed by atoms with Gasteiger partial charge in [-0.2, -0.15) is 0 Å². The lowest BCUT2D eigenvalue weighted by Crippen LogP contribution is -2.45. The molecule has 0 amide bonds. The Bertz CT molecular complexity index is 105. The molecule has 2 nitrogen and oxygen atoms in total. The molecule has 4 heteroatoms. The molecule has 0 unspecified atom stereocenters. The lowest BCUT2D eigenvalue weighted by Gasteiger charge is -2.31. The molecular weight excluding hydrogens is 189 g/mol. The molecule has 0 spiro atoms. The van der Waals surface area contributed by atoms with Crippen molar-refractivity contribution in [3.05, 3.63) is 0 Å². The first-order valence-corrected chi connectivity index (χ1v) is 6.85. The molecule has 1 rings (SSSR count). The molecule has 1 aliphatic heterocycles. The van der Waals surface area contributed by atoms with Crippen molar-refractivity contribution in [1.29, 1.82) is 0 Å². The van der Waals surface area contributed by atoms with Crippen molar-refractivity contribution in [3.63, 3.8) is 0 Å². The third kappa shape index (κ3) is 3.64. The van der Waals surface area contributed by atoms with Gasteiger partial charge in [-0.15, -0.1) is 12.4 Å². The van der Waals surface area contributed by atoms with Crippen molar-refractivity contribution in [1.82, 2.24) is 3.88 Å². The van der Waals surface area contributed by atoms with Gasteiger partial charge in [0.1, 0.15) is 0 Å². The third-order valence-electron chi connectivity index (χ3n) is 2.50. The van der Waals surface area contributed by atoms with Crippen LogP contribution in [0.15, 0.2) is 0 Å². The summed E-state index contributed by atoms with van der Waals surface area (Å²) >= 11 is -0.520. The van der Waals surface area contributed by atoms with E-state index in [4.69, 9.17) is 4.74 Å². The van der Waals surface area contributed by atoms with Gasteiger partial charge in [-0.1, -0.05) is 24.4 Å². The number of nitrogens with zero attached hydrogens (tertiary/aromatic N) is 1. The lowest BCUT2D eigenvalue weighted by atomic mass is 10.5. The van der Waals surface area contributed by atoms with Crippen molar-refractivity contribution in [2.45, 2.75) is 24.4 Å². The van der Waals surface area contributed by atoms with Crippen molar-refractivity contribution < 1.29 is 4.74 Å². The van der Waals surface area contributed by atoms with Crippen molar-refractivity contribution in [3.8, 4) is 0 Å². The Morgan fingerprint density at radius 1 is 1.17 bits per heavy atom. The number of morpholine rings is 1. The van der Waals surface area contributed by atoms with Crippen LogP contribution in [0.3, 0.4) is 0 Å². The monoisotopic (exact) mass is 207 g/mol. The largest absolute Gasteiger partial charge is 0.381 e. The summed E-state index contributed by atoms with van der Waals surface area (Å²) in [5.41, 5.74) is 0. The molecule has 0 aromatic rings. The SMILES string of the molecule is C[CH2][Al]([CH2]C)[N]1CCOCC1.Cl. The Labute approximate surface area is 86.3 Å². The van der Waals surface area contributed by atoms with Crippen LogP contribution < -0.4 is 0 Å². The molecule has 0 N–H and O–H groups in total. The van der Waals surface area contributed by atoms with E-state index in [1.54, 1.807) is 0 Å². The first-order valence-electron chi connectivity index (χ1n) is 4.70. The molecule has 1 fully saturated rings. The summed E-state index contributed by atoms with van der Waals surface area (Å²) in [5, 5.41) is 2.83. The summed E-state index contributed by atoms with van der Waals surface area (Å²) in [6.07, 6.45) is 0. The Kier molecular flexibility index (Phi) is 7.62. The second-order valence-corrected chi connectivity index (χ2v) is 6.79. The molecule has 0 bridgehead atoms. The van der Waals surface area contributed by atoms with Gasteiger partial charge in [-0.05, 0) is 0 Å². The van der Waals surface area contributed by atoms with E-state index in [0.717, 1.165) is 13.2 Å². The van der Waals surface area contributed by atoms with Gasteiger partial charge in [0.2, 0.25) is 0 Å². The van der Waals surface area contributed by atoms with E-state index in [2.05, 4.69) is 17.7 Å². The normalized spacial score (nSPS) is 18.5. The first-order chi connectivity index (χ1) is 5.38. The van der Waals surface area contributed by atoms with Gasteiger partial charge in [0, 0.05) is 13.1 Å². The van der Waals surface area contributed by atoms with E-state index < -0.39 is 14.4 Å². The number of rotatable bonds is 3. The Morgan fingerprint density at radius 2 is 1.67 bits per heavy atom. The maximum atomic E-state index is 5.32. The van der Waals surface area contributed by atoms with Crippen molar-refractivity contribution >= 4 is 26.8 Å². The van der Waals surface area contributed by atoms with Crippen LogP contribution in [0.25, 0.3) is 0 Å². The smallest absolute Gasteiger partial charge is 0.372 e. The van der Waals surface area contributed by atoms with Crippen LogP contribution in [-0.4, -0.2) is 44.6 Å². The molecule has 1 aliphatic rings. The van der Waals surface area contributed by atoms with Gasteiger partial charge in [0.25, 0.3) is 0 Å². The van der Waals surface area contributed by atoms with Crippen LogP contribution in [-0.2, 0) is 4.74 Å². The van der Waals surface area contributed by atoms with E-state index in [0.29, 0.717) is 0 Å². The number of halogens is 1. The zero-order chi connectivity index (χ0) is 8.10. The third-order valence-corrected chi connectivity index (χ3v) is 5.94. The molecule has 0 saturated carbocycles. The maximum Gasteiger partial charge on any atom is 0.372 e. The summed E-state index contributed by atoms with van der Waals surface area (Å²) in [4.78, 5) is 0. The molecular formula is C8H19AlClNO. The summed E-state index contributed by atoms with van der Waals surface area (Å²) in [6, 6.07) is 0. The average molecular weight is 208 g/mol. The fourth-order valence-electron chi connectivity index (χ4n) is 1.75. The highest BCUT2D eigenvalue weighted by atomic mass is 35.5. The predicted molar refractivity (Wildman–Crippen MR) is 56.4 cm³/mol. The van der Waals surface area contributed by atoms with Gasteiger partial charge < -0.3 is 8.62 Å². The average Bonchev–Trinajstić information content (AvgIpc) is 2.09. The summed E-state index contributed by atoms with van der Waals surface area (Å²) < 4.78 is 8.00. The molecule has 0 aromatic heterocycles. The van der Waals surface area contributed by atoms with E-state index >= 15 is 0 Å². The summed E-state index contributed by atoms with van der Waals surface area (Å²) in [5.74, 6) is 0. The summed E-state index contributed by atoms with van der Waals surface area (Å²) in [6.45, 7) is 8.97. The van der Waals surface area contributed by atoms with Gasteiger partial charge in [-0.3, -0.25) is 0 Å². The van der Waals surface area contributed by atoms with Gasteiger partial charge in [0.15, 0.2) is 0 Å². The Balaban J connectivity index is 0.00000121. The molecule has 72 valence electrons. The topological polar surface area (TPSA) is 12.5 Å². The standard InChI is InChI=1S/C4H8NO.2C2H5.Al.ClH/c1-3-6-4-2-5-1;2*1-2;;/h1-4H2;2*1H2,2H3;;1H/q-1;;;+1;. The minimum absolute atomic E-state index is 0. The van der Waals surface area contributed by atoms with E-state index in [1.165, 1.54) is 23.7 Å². The number of hydrogen-bond donors (Lipinski definition) is 0. The lowest BCUT2D eigenvalue weighted by molar-refractivity contribution is 0.0705. The second kappa shape index (κ2) is 7.18. The predicted octanol–water partition coefficient (Wildman–Crippen LogP) is 1.77. The molecule has 12 heavy (non-hydrogen) atoms. The van der Waals surface area contributed by atoms with Crippen LogP contribution >= 0.6 is 12.4 Å². The van der Waals surface area contributed by atoms with Crippen molar-refractivity contribution in [2.24, 2.45) is 0 Å². The molecule has 0 aliphatic carbocycles. The Morgan fingerprint density at radius 3 is 2.08 bits per heavy atom. The van der Waals surface area contributed by atoms with Crippen LogP contribution in [0.2, 0.25) is 10.6 Å². The highest BCUT2D eigenvalue weighted by molar-refractivity contribution is 6.55. The van der Waals surface area contributed by atoms with Gasteiger partial charge >= 0.3 is 14.4 Å². The minimum atomic E-state index is -0.520. The van der Waals surface area contributed by atoms with Crippen LogP contribution in [0.1, 0.15) is 13.8 Å². The van der Waals surface area contributed by atoms with Gasteiger partial charge in [-0.25, -0.2) is 0 Å². The van der Waals surface area contributed by atoms with Crippen molar-refractivity contribution in [2.75, 3.05) is 26.3 Å². The molecule has 0 aromatic carbocycles. The van der Waals surface area contributed by atoms with Crippen LogP contribution in [0.5, 0.6) is 0 Å². The maximum absolute atomic E-state index is 5.32. The van der Waals surface area contributed by atoms with E-state index in [1.807, 2.05) is 0 Å². The highest BCUT2D eigenvalue weighted by Crippen LogP contribution is 2.07. The zero-order valence-electron chi connectivity index (χ0n) is 8.08. The fourth-order valence-corrected chi connectivity index (χ4v) is 4.30. The quantitative estimate of drug-likeness (QED) is 0.655. The minimum Gasteiger partial charge on any atom is -0.381 e. The highest BCUT2D eigenvalue weighted by Gasteiger charge is 2.23. The molecule has 1 heterocycles. The van der Waals surface area contributed by atoms with E-state index in [-0.39, 0.29) is 12.4 Å². The zero-order valence-corrected chi connectivity index (χ0v) is 10.1. The molecule has 0 radical (unpaired) electrons. The number of ether oxygens (including phenoxy) is 1. The number of hydrogen-bond acceptors (Lipinski definition) is 2. The second-order valence-electron chi connectivity index (χ2n) is 3.12. The van der Waals surface area contributed by atoms with Gasteiger partial charge in [0.05, 0.1) is 13.2 Å². The molecule has 1 saturated heterocycles. The summed E-state index contributed by atoms with van der Waals surface area (Å²) in [7, 11) is 0. The molecule has 0 atom stereocenters. The van der Waals surface area contributed by atoms with Crippen LogP contribution in [0, 0.1) is 0 Å². The first kappa shape index (κ1) is 12.7. The van der Waals surface area contributed by atoms with Crippen LogP contribution in [0.4, 0.5) is 0 Å². The van der Waals surface area contributed by atoms with E-state index in [9.17, 15) is 0 Å².